The summed E-state index contributed by atoms with van der Waals surface area (Å²) < 4.78 is 12.1. The number of alkyl halides is 1. The van der Waals surface area contributed by atoms with Gasteiger partial charge in [-0.1, -0.05) is 29.8 Å². The van der Waals surface area contributed by atoms with Gasteiger partial charge in [0.05, 0.1) is 12.1 Å². The van der Waals surface area contributed by atoms with E-state index in [1.807, 2.05) is 19.1 Å². The average Bonchev–Trinajstić information content (AvgIpc) is 2.15. The van der Waals surface area contributed by atoms with E-state index >= 15 is 0 Å². The molecule has 0 unspecified atom stereocenters. The molecule has 0 aromatic heterocycles. The predicted molar refractivity (Wildman–Crippen MR) is 50.1 cm³/mol. The number of hydrogen-bond donors (Lipinski definition) is 2. The van der Waals surface area contributed by atoms with Gasteiger partial charge in [0.25, 0.3) is 0 Å². The van der Waals surface area contributed by atoms with Crippen LogP contribution in [0.2, 0.25) is 0 Å². The molecular weight excluding hydrogens is 169 g/mol. The molecule has 1 aromatic carbocycles. The van der Waals surface area contributed by atoms with Crippen LogP contribution in [0.4, 0.5) is 4.39 Å². The van der Waals surface area contributed by atoms with E-state index in [2.05, 4.69) is 0 Å². The molecule has 0 spiro atoms. The lowest BCUT2D eigenvalue weighted by Gasteiger charge is -2.16. The Kier molecular flexibility index (Phi) is 3.39. The topological polar surface area (TPSA) is 46.2 Å². The smallest absolute Gasteiger partial charge is 0.107 e. The lowest BCUT2D eigenvalue weighted by Crippen LogP contribution is -2.30. The Morgan fingerprint density at radius 1 is 1.54 bits per heavy atom. The Labute approximate surface area is 77.2 Å². The SMILES string of the molecule is Cc1cccc([C@@H](O)[C@H](N)CF)c1. The van der Waals surface area contributed by atoms with E-state index in [0.29, 0.717) is 5.56 Å². The average molecular weight is 183 g/mol. The molecule has 1 rings (SSSR count). The molecule has 3 heteroatoms. The normalized spacial score (nSPS) is 15.4. The Bertz CT molecular complexity index is 277. The molecule has 0 fully saturated rings. The monoisotopic (exact) mass is 183 g/mol. The van der Waals surface area contributed by atoms with Crippen molar-refractivity contribution in [3.8, 4) is 0 Å². The maximum atomic E-state index is 12.1. The van der Waals surface area contributed by atoms with Crippen LogP contribution in [0.5, 0.6) is 0 Å². The summed E-state index contributed by atoms with van der Waals surface area (Å²) in [6, 6.07) is 6.45. The van der Waals surface area contributed by atoms with Gasteiger partial charge in [0, 0.05) is 0 Å². The number of aliphatic hydroxyl groups excluding tert-OH is 1. The first-order chi connectivity index (χ1) is 6.15. The Balaban J connectivity index is 2.82. The van der Waals surface area contributed by atoms with Crippen LogP contribution in [0.3, 0.4) is 0 Å². The molecule has 0 aliphatic carbocycles. The molecule has 0 heterocycles. The number of hydrogen-bond acceptors (Lipinski definition) is 2. The maximum absolute atomic E-state index is 12.1. The molecule has 13 heavy (non-hydrogen) atoms. The van der Waals surface area contributed by atoms with Gasteiger partial charge in [0.15, 0.2) is 0 Å². The van der Waals surface area contributed by atoms with E-state index in [4.69, 9.17) is 5.73 Å². The van der Waals surface area contributed by atoms with Gasteiger partial charge >= 0.3 is 0 Å². The first kappa shape index (κ1) is 10.2. The van der Waals surface area contributed by atoms with Crippen LogP contribution in [-0.4, -0.2) is 17.8 Å². The van der Waals surface area contributed by atoms with Gasteiger partial charge in [-0.15, -0.1) is 0 Å². The third-order valence-electron chi connectivity index (χ3n) is 1.97. The van der Waals surface area contributed by atoms with Gasteiger partial charge in [0.2, 0.25) is 0 Å². The van der Waals surface area contributed by atoms with E-state index in [1.165, 1.54) is 0 Å². The molecule has 3 N–H and O–H groups in total. The van der Waals surface area contributed by atoms with Crippen molar-refractivity contribution in [2.45, 2.75) is 19.1 Å². The summed E-state index contributed by atoms with van der Waals surface area (Å²) in [5, 5.41) is 9.55. The van der Waals surface area contributed by atoms with Crippen LogP contribution in [0.1, 0.15) is 17.2 Å². The zero-order valence-electron chi connectivity index (χ0n) is 7.57. The molecule has 1 aromatic rings. The Morgan fingerprint density at radius 2 is 2.23 bits per heavy atom. The van der Waals surface area contributed by atoms with Crippen LogP contribution >= 0.6 is 0 Å². The van der Waals surface area contributed by atoms with Crippen molar-refractivity contribution in [1.82, 2.24) is 0 Å². The van der Waals surface area contributed by atoms with Gasteiger partial charge in [-0.05, 0) is 12.5 Å². The minimum Gasteiger partial charge on any atom is -0.387 e. The highest BCUT2D eigenvalue weighted by Crippen LogP contribution is 2.16. The molecule has 0 saturated heterocycles. The third kappa shape index (κ3) is 2.50. The molecule has 0 saturated carbocycles. The van der Waals surface area contributed by atoms with Crippen molar-refractivity contribution in [3.63, 3.8) is 0 Å². The molecule has 72 valence electrons. The molecule has 2 atom stereocenters. The summed E-state index contributed by atoms with van der Waals surface area (Å²) in [6.07, 6.45) is -0.912. The number of rotatable bonds is 3. The largest absolute Gasteiger partial charge is 0.387 e. The Morgan fingerprint density at radius 3 is 2.77 bits per heavy atom. The standard InChI is InChI=1S/C10H14FNO/c1-7-3-2-4-8(5-7)10(13)9(12)6-11/h2-5,9-10,13H,6,12H2,1H3/t9-,10-/m1/s1. The van der Waals surface area contributed by atoms with Crippen molar-refractivity contribution in [2.24, 2.45) is 5.73 Å². The van der Waals surface area contributed by atoms with E-state index in [9.17, 15) is 9.50 Å². The predicted octanol–water partition coefficient (Wildman–Crippen LogP) is 1.33. The highest BCUT2D eigenvalue weighted by Gasteiger charge is 2.16. The second kappa shape index (κ2) is 4.35. The van der Waals surface area contributed by atoms with Crippen LogP contribution in [0, 0.1) is 6.92 Å². The second-order valence-electron chi connectivity index (χ2n) is 3.18. The molecule has 0 aliphatic rings. The fourth-order valence-corrected chi connectivity index (χ4v) is 1.19. The summed E-state index contributed by atoms with van der Waals surface area (Å²) in [7, 11) is 0. The number of nitrogens with two attached hydrogens (primary N) is 1. The van der Waals surface area contributed by atoms with Crippen LogP contribution < -0.4 is 5.73 Å². The van der Waals surface area contributed by atoms with Crippen molar-refractivity contribution in [1.29, 1.82) is 0 Å². The number of halogens is 1. The second-order valence-corrected chi connectivity index (χ2v) is 3.18. The van der Waals surface area contributed by atoms with Crippen molar-refractivity contribution < 1.29 is 9.50 Å². The molecule has 0 radical (unpaired) electrons. The van der Waals surface area contributed by atoms with Gasteiger partial charge < -0.3 is 10.8 Å². The molecule has 2 nitrogen and oxygen atoms in total. The van der Waals surface area contributed by atoms with Gasteiger partial charge in [-0.2, -0.15) is 0 Å². The molecular formula is C10H14FNO. The van der Waals surface area contributed by atoms with E-state index in [1.54, 1.807) is 12.1 Å². The fourth-order valence-electron chi connectivity index (χ4n) is 1.19. The molecule has 0 bridgehead atoms. The third-order valence-corrected chi connectivity index (χ3v) is 1.97. The van der Waals surface area contributed by atoms with E-state index in [-0.39, 0.29) is 0 Å². The highest BCUT2D eigenvalue weighted by molar-refractivity contribution is 5.24. The zero-order chi connectivity index (χ0) is 9.84. The number of benzene rings is 1. The van der Waals surface area contributed by atoms with Crippen molar-refractivity contribution in [3.05, 3.63) is 35.4 Å². The van der Waals surface area contributed by atoms with Crippen LogP contribution in [0.25, 0.3) is 0 Å². The lowest BCUT2D eigenvalue weighted by atomic mass is 10.0. The summed E-state index contributed by atoms with van der Waals surface area (Å²) in [5.74, 6) is 0. The first-order valence-electron chi connectivity index (χ1n) is 4.21. The quantitative estimate of drug-likeness (QED) is 0.742. The molecule has 0 aliphatic heterocycles. The van der Waals surface area contributed by atoms with Crippen molar-refractivity contribution >= 4 is 0 Å². The summed E-state index contributed by atoms with van der Waals surface area (Å²) in [5.41, 5.74) is 7.08. The minimum absolute atomic E-state index is 0.671. The van der Waals surface area contributed by atoms with Gasteiger partial charge in [0.1, 0.15) is 6.67 Å². The molecule has 0 amide bonds. The van der Waals surface area contributed by atoms with E-state index in [0.717, 1.165) is 5.56 Å². The maximum Gasteiger partial charge on any atom is 0.107 e. The number of aryl methyl sites for hydroxylation is 1. The van der Waals surface area contributed by atoms with Crippen LogP contribution in [0.15, 0.2) is 24.3 Å². The van der Waals surface area contributed by atoms with E-state index < -0.39 is 18.8 Å². The van der Waals surface area contributed by atoms with Crippen molar-refractivity contribution in [2.75, 3.05) is 6.67 Å². The fraction of sp³-hybridized carbons (Fsp3) is 0.400. The summed E-state index contributed by atoms with van der Waals surface area (Å²) >= 11 is 0. The van der Waals surface area contributed by atoms with Crippen LogP contribution in [-0.2, 0) is 0 Å². The highest BCUT2D eigenvalue weighted by atomic mass is 19.1. The van der Waals surface area contributed by atoms with Gasteiger partial charge in [-0.3, -0.25) is 0 Å². The first-order valence-corrected chi connectivity index (χ1v) is 4.21. The van der Waals surface area contributed by atoms with Gasteiger partial charge in [-0.25, -0.2) is 4.39 Å². The summed E-state index contributed by atoms with van der Waals surface area (Å²) in [6.45, 7) is 1.20. The lowest BCUT2D eigenvalue weighted by molar-refractivity contribution is 0.132. The zero-order valence-corrected chi connectivity index (χ0v) is 7.57. The minimum atomic E-state index is -0.912. The Hall–Kier alpha value is -0.930. The summed E-state index contributed by atoms with van der Waals surface area (Å²) in [4.78, 5) is 0. The number of aliphatic hydroxyl groups is 1.